The first-order chi connectivity index (χ1) is 13.1. The summed E-state index contributed by atoms with van der Waals surface area (Å²) in [5.74, 6) is -0.494. The van der Waals surface area contributed by atoms with Gasteiger partial charge in [-0.1, -0.05) is 11.3 Å². The molecule has 0 radical (unpaired) electrons. The third kappa shape index (κ3) is 4.07. The van der Waals surface area contributed by atoms with Crippen molar-refractivity contribution in [3.63, 3.8) is 0 Å². The maximum atomic E-state index is 14.3. The number of nitrogens with one attached hydrogen (secondary N) is 3. The molecule has 3 aromatic rings. The molecule has 0 spiro atoms. The molecule has 1 amide bonds. The van der Waals surface area contributed by atoms with E-state index in [0.29, 0.717) is 16.3 Å². The van der Waals surface area contributed by atoms with Gasteiger partial charge in [0.2, 0.25) is 0 Å². The van der Waals surface area contributed by atoms with E-state index in [4.69, 9.17) is 0 Å². The Hall–Kier alpha value is -1.78. The molecule has 2 aromatic heterocycles. The Bertz CT molecular complexity index is 987. The maximum absolute atomic E-state index is 14.3. The second-order valence-corrected chi connectivity index (χ2v) is 8.65. The molecule has 0 aliphatic carbocycles. The summed E-state index contributed by atoms with van der Waals surface area (Å²) in [5.41, 5.74) is 0.873. The number of piperidine rings is 1. The molecule has 1 aromatic carbocycles. The molecule has 1 aliphatic heterocycles. The number of nitrogens with zero attached hydrogens (tertiary/aromatic N) is 1. The van der Waals surface area contributed by atoms with Crippen molar-refractivity contribution in [3.05, 3.63) is 51.5 Å². The topological polar surface area (TPSA) is 66.1 Å². The number of carbonyl (C=O) groups is 1. The van der Waals surface area contributed by atoms with Crippen molar-refractivity contribution in [3.8, 4) is 0 Å². The Morgan fingerprint density at radius 1 is 1.30 bits per heavy atom. The van der Waals surface area contributed by atoms with Crippen LogP contribution in [0.4, 0.5) is 15.1 Å². The highest BCUT2D eigenvalue weighted by molar-refractivity contribution is 14.1. The van der Waals surface area contributed by atoms with Crippen LogP contribution in [0.2, 0.25) is 0 Å². The lowest BCUT2D eigenvalue weighted by molar-refractivity contribution is 0.0932. The average molecular weight is 496 g/mol. The van der Waals surface area contributed by atoms with Gasteiger partial charge in [0.05, 0.1) is 11.3 Å². The Balaban J connectivity index is 1.69. The van der Waals surface area contributed by atoms with Crippen LogP contribution >= 0.6 is 33.9 Å². The van der Waals surface area contributed by atoms with Crippen LogP contribution in [0.3, 0.4) is 0 Å². The SMILES string of the molecule is O=C(NC1CCNCC1)c1c(Nc2ccc(I)cc2F)sc2ncccc12. The molecule has 0 saturated carbocycles. The molecule has 140 valence electrons. The summed E-state index contributed by atoms with van der Waals surface area (Å²) >= 11 is 3.43. The first-order valence-electron chi connectivity index (χ1n) is 8.73. The second-order valence-electron chi connectivity index (χ2n) is 6.41. The molecule has 0 unspecified atom stereocenters. The molecule has 8 heteroatoms. The highest BCUT2D eigenvalue weighted by Gasteiger charge is 2.23. The minimum atomic E-state index is -0.350. The summed E-state index contributed by atoms with van der Waals surface area (Å²) in [6.07, 6.45) is 3.50. The van der Waals surface area contributed by atoms with E-state index < -0.39 is 0 Å². The lowest BCUT2D eigenvalue weighted by atomic mass is 10.1. The Morgan fingerprint density at radius 3 is 2.89 bits per heavy atom. The fourth-order valence-electron chi connectivity index (χ4n) is 3.18. The first kappa shape index (κ1) is 18.6. The Morgan fingerprint density at radius 2 is 2.11 bits per heavy atom. The van der Waals surface area contributed by atoms with Crippen molar-refractivity contribution in [2.45, 2.75) is 18.9 Å². The number of pyridine rings is 1. The molecule has 1 aliphatic rings. The zero-order chi connectivity index (χ0) is 18.8. The minimum absolute atomic E-state index is 0.144. The van der Waals surface area contributed by atoms with E-state index in [9.17, 15) is 9.18 Å². The summed E-state index contributed by atoms with van der Waals surface area (Å²) in [6.45, 7) is 1.80. The van der Waals surface area contributed by atoms with Crippen LogP contribution in [0.1, 0.15) is 23.2 Å². The van der Waals surface area contributed by atoms with Crippen LogP contribution in [0.15, 0.2) is 36.5 Å². The zero-order valence-corrected chi connectivity index (χ0v) is 17.4. The van der Waals surface area contributed by atoms with Gasteiger partial charge in [-0.2, -0.15) is 0 Å². The van der Waals surface area contributed by atoms with E-state index in [1.807, 2.05) is 18.2 Å². The Labute approximate surface area is 173 Å². The molecular formula is C19H18FIN4OS. The molecule has 0 atom stereocenters. The fourth-order valence-corrected chi connectivity index (χ4v) is 4.69. The maximum Gasteiger partial charge on any atom is 0.255 e. The fraction of sp³-hybridized carbons (Fsp3) is 0.263. The van der Waals surface area contributed by atoms with E-state index in [1.165, 1.54) is 17.4 Å². The predicted octanol–water partition coefficient (Wildman–Crippen LogP) is 4.27. The molecule has 27 heavy (non-hydrogen) atoms. The number of halogens is 2. The Kier molecular flexibility index (Phi) is 5.55. The van der Waals surface area contributed by atoms with Gasteiger partial charge < -0.3 is 16.0 Å². The number of fused-ring (bicyclic) bond motifs is 1. The van der Waals surface area contributed by atoms with Gasteiger partial charge in [-0.25, -0.2) is 9.37 Å². The van der Waals surface area contributed by atoms with Gasteiger partial charge in [0.1, 0.15) is 15.6 Å². The van der Waals surface area contributed by atoms with Crippen LogP contribution in [-0.2, 0) is 0 Å². The lowest BCUT2D eigenvalue weighted by Crippen LogP contribution is -2.42. The summed E-state index contributed by atoms with van der Waals surface area (Å²) in [7, 11) is 0. The molecule has 0 bridgehead atoms. The molecule has 4 rings (SSSR count). The van der Waals surface area contributed by atoms with Crippen molar-refractivity contribution in [2.24, 2.45) is 0 Å². The molecule has 3 heterocycles. The highest BCUT2D eigenvalue weighted by atomic mass is 127. The highest BCUT2D eigenvalue weighted by Crippen LogP contribution is 2.37. The van der Waals surface area contributed by atoms with Crippen molar-refractivity contribution < 1.29 is 9.18 Å². The van der Waals surface area contributed by atoms with Crippen molar-refractivity contribution in [1.82, 2.24) is 15.6 Å². The molecule has 5 nitrogen and oxygen atoms in total. The number of amides is 1. The number of thiophene rings is 1. The summed E-state index contributed by atoms with van der Waals surface area (Å²) in [5, 5.41) is 10.9. The number of aromatic nitrogens is 1. The minimum Gasteiger partial charge on any atom is -0.349 e. The molecule has 1 fully saturated rings. The zero-order valence-electron chi connectivity index (χ0n) is 14.4. The third-order valence-corrected chi connectivity index (χ3v) is 6.25. The van der Waals surface area contributed by atoms with Gasteiger partial charge >= 0.3 is 0 Å². The second kappa shape index (κ2) is 8.07. The monoisotopic (exact) mass is 496 g/mol. The largest absolute Gasteiger partial charge is 0.349 e. The van der Waals surface area contributed by atoms with Crippen LogP contribution in [-0.4, -0.2) is 30.0 Å². The summed E-state index contributed by atoms with van der Waals surface area (Å²) < 4.78 is 15.1. The van der Waals surface area contributed by atoms with Gasteiger partial charge in [-0.3, -0.25) is 4.79 Å². The number of hydrogen-bond donors (Lipinski definition) is 3. The lowest BCUT2D eigenvalue weighted by Gasteiger charge is -2.23. The van der Waals surface area contributed by atoms with Gasteiger partial charge in [0.25, 0.3) is 5.91 Å². The number of benzene rings is 1. The van der Waals surface area contributed by atoms with E-state index in [1.54, 1.807) is 12.3 Å². The van der Waals surface area contributed by atoms with Gasteiger partial charge in [0, 0.05) is 21.2 Å². The van der Waals surface area contributed by atoms with Crippen LogP contribution < -0.4 is 16.0 Å². The van der Waals surface area contributed by atoms with E-state index in [2.05, 4.69) is 43.5 Å². The summed E-state index contributed by atoms with van der Waals surface area (Å²) in [6, 6.07) is 8.81. The van der Waals surface area contributed by atoms with Crippen LogP contribution in [0.5, 0.6) is 0 Å². The molecule has 1 saturated heterocycles. The van der Waals surface area contributed by atoms with E-state index >= 15 is 0 Å². The standard InChI is InChI=1S/C19H18FIN4OS/c20-14-10-11(21)3-4-15(14)25-19-16(13-2-1-7-23-18(13)27-19)17(26)24-12-5-8-22-9-6-12/h1-4,7,10,12,22,25H,5-6,8-9H2,(H,24,26). The number of hydrogen-bond acceptors (Lipinski definition) is 5. The van der Waals surface area contributed by atoms with Crippen molar-refractivity contribution >= 4 is 60.7 Å². The average Bonchev–Trinajstić information content (AvgIpc) is 3.03. The van der Waals surface area contributed by atoms with Crippen molar-refractivity contribution in [2.75, 3.05) is 18.4 Å². The smallest absolute Gasteiger partial charge is 0.255 e. The quantitative estimate of drug-likeness (QED) is 0.473. The van der Waals surface area contributed by atoms with Crippen LogP contribution in [0, 0.1) is 9.39 Å². The van der Waals surface area contributed by atoms with Gasteiger partial charge in [-0.05, 0) is 78.9 Å². The molecular weight excluding hydrogens is 478 g/mol. The normalized spacial score (nSPS) is 15.0. The van der Waals surface area contributed by atoms with Crippen LogP contribution in [0.25, 0.3) is 10.2 Å². The van der Waals surface area contributed by atoms with Crippen molar-refractivity contribution in [1.29, 1.82) is 0 Å². The van der Waals surface area contributed by atoms with E-state index in [-0.39, 0.29) is 17.8 Å². The summed E-state index contributed by atoms with van der Waals surface area (Å²) in [4.78, 5) is 18.2. The first-order valence-corrected chi connectivity index (χ1v) is 10.6. The van der Waals surface area contributed by atoms with Gasteiger partial charge in [-0.15, -0.1) is 0 Å². The van der Waals surface area contributed by atoms with Gasteiger partial charge in [0.15, 0.2) is 0 Å². The third-order valence-electron chi connectivity index (χ3n) is 4.55. The number of carbonyl (C=O) groups excluding carboxylic acids is 1. The number of rotatable bonds is 4. The predicted molar refractivity (Wildman–Crippen MR) is 115 cm³/mol. The van der Waals surface area contributed by atoms with E-state index in [0.717, 1.165) is 39.7 Å². The molecule has 3 N–H and O–H groups in total. The number of anilines is 2.